The predicted molar refractivity (Wildman–Crippen MR) is 170 cm³/mol. The first-order valence-corrected chi connectivity index (χ1v) is 15.6. The third-order valence-electron chi connectivity index (χ3n) is 8.83. The van der Waals surface area contributed by atoms with Crippen LogP contribution in [-0.4, -0.2) is 71.7 Å². The van der Waals surface area contributed by atoms with Gasteiger partial charge in [0.1, 0.15) is 11.3 Å². The second kappa shape index (κ2) is 13.2. The third kappa shape index (κ3) is 6.55. The van der Waals surface area contributed by atoms with Crippen LogP contribution >= 0.6 is 12.2 Å². The summed E-state index contributed by atoms with van der Waals surface area (Å²) in [7, 11) is 0. The van der Waals surface area contributed by atoms with Crippen molar-refractivity contribution in [2.45, 2.75) is 50.2 Å². The largest absolute Gasteiger partial charge is 0.467 e. The normalized spacial score (nSPS) is 20.0. The van der Waals surface area contributed by atoms with E-state index in [0.29, 0.717) is 49.2 Å². The SMILES string of the molecule is O=C(CN1CC(c2ccccc2)NC1=S)N(Cc1ccco1)C1(C(=O)Nc2ccc(N3CCOCC3)cc2)CCCCC1. The summed E-state index contributed by atoms with van der Waals surface area (Å²) in [5.74, 6) is 0.342. The Hall–Kier alpha value is -3.89. The van der Waals surface area contributed by atoms with Crippen molar-refractivity contribution in [1.29, 1.82) is 0 Å². The number of rotatable bonds is 9. The topological polar surface area (TPSA) is 90.3 Å². The number of anilines is 2. The van der Waals surface area contributed by atoms with Gasteiger partial charge in [-0.1, -0.05) is 49.6 Å². The molecule has 1 atom stereocenters. The molecule has 9 nitrogen and oxygen atoms in total. The fraction of sp³-hybridized carbons (Fsp3) is 0.424. The van der Waals surface area contributed by atoms with Gasteiger partial charge < -0.3 is 34.5 Å². The van der Waals surface area contributed by atoms with Crippen molar-refractivity contribution in [1.82, 2.24) is 15.1 Å². The summed E-state index contributed by atoms with van der Waals surface area (Å²) in [5.41, 5.74) is 1.94. The summed E-state index contributed by atoms with van der Waals surface area (Å²) in [6.07, 6.45) is 5.55. The molecule has 6 rings (SSSR count). The molecule has 3 aliphatic rings. The fourth-order valence-electron chi connectivity index (χ4n) is 6.47. The Balaban J connectivity index is 1.22. The number of hydrogen-bond acceptors (Lipinski definition) is 6. The molecule has 2 aliphatic heterocycles. The Bertz CT molecular complexity index is 1390. The molecule has 1 aliphatic carbocycles. The maximum Gasteiger partial charge on any atom is 0.250 e. The molecule has 226 valence electrons. The minimum absolute atomic E-state index is 0.00685. The van der Waals surface area contributed by atoms with Crippen molar-refractivity contribution in [2.75, 3.05) is 49.6 Å². The van der Waals surface area contributed by atoms with Crippen LogP contribution in [0, 0.1) is 0 Å². The zero-order valence-electron chi connectivity index (χ0n) is 24.4. The Morgan fingerprint density at radius 1 is 0.977 bits per heavy atom. The number of hydrogen-bond donors (Lipinski definition) is 2. The summed E-state index contributed by atoms with van der Waals surface area (Å²) in [6.45, 7) is 4.00. The number of nitrogens with one attached hydrogen (secondary N) is 2. The summed E-state index contributed by atoms with van der Waals surface area (Å²) >= 11 is 5.65. The lowest BCUT2D eigenvalue weighted by atomic mass is 9.79. The number of thiocarbonyl (C=S) groups is 1. The molecule has 10 heteroatoms. The van der Waals surface area contributed by atoms with Crippen LogP contribution < -0.4 is 15.5 Å². The maximum atomic E-state index is 14.3. The van der Waals surface area contributed by atoms with E-state index in [9.17, 15) is 9.59 Å². The third-order valence-corrected chi connectivity index (χ3v) is 9.21. The molecule has 0 radical (unpaired) electrons. The zero-order valence-corrected chi connectivity index (χ0v) is 25.2. The molecular formula is C33H39N5O4S. The van der Waals surface area contributed by atoms with Crippen LogP contribution in [0.3, 0.4) is 0 Å². The van der Waals surface area contributed by atoms with Gasteiger partial charge in [-0.3, -0.25) is 9.59 Å². The van der Waals surface area contributed by atoms with E-state index in [0.717, 1.165) is 43.6 Å². The van der Waals surface area contributed by atoms with E-state index in [1.807, 2.05) is 59.5 Å². The van der Waals surface area contributed by atoms with Crippen LogP contribution in [0.5, 0.6) is 0 Å². The second-order valence-electron chi connectivity index (χ2n) is 11.5. The van der Waals surface area contributed by atoms with Crippen molar-refractivity contribution < 1.29 is 18.7 Å². The van der Waals surface area contributed by atoms with Crippen molar-refractivity contribution in [3.05, 3.63) is 84.3 Å². The van der Waals surface area contributed by atoms with Crippen molar-refractivity contribution >= 4 is 40.5 Å². The van der Waals surface area contributed by atoms with E-state index in [4.69, 9.17) is 21.4 Å². The quantitative estimate of drug-likeness (QED) is 0.341. The Labute approximate surface area is 258 Å². The van der Waals surface area contributed by atoms with Crippen LogP contribution in [-0.2, 0) is 20.9 Å². The van der Waals surface area contributed by atoms with Crippen molar-refractivity contribution in [2.24, 2.45) is 0 Å². The lowest BCUT2D eigenvalue weighted by Crippen LogP contribution is -2.61. The van der Waals surface area contributed by atoms with Crippen molar-refractivity contribution in [3.8, 4) is 0 Å². The molecule has 2 N–H and O–H groups in total. The lowest BCUT2D eigenvalue weighted by molar-refractivity contribution is -0.149. The van der Waals surface area contributed by atoms with Gasteiger partial charge in [-0.2, -0.15) is 0 Å². The molecule has 3 heterocycles. The van der Waals surface area contributed by atoms with Gasteiger partial charge in [-0.15, -0.1) is 0 Å². The van der Waals surface area contributed by atoms with E-state index < -0.39 is 5.54 Å². The summed E-state index contributed by atoms with van der Waals surface area (Å²) in [5, 5.41) is 7.08. The van der Waals surface area contributed by atoms with Gasteiger partial charge in [-0.05, 0) is 67.0 Å². The fourth-order valence-corrected chi connectivity index (χ4v) is 6.75. The van der Waals surface area contributed by atoms with E-state index in [1.54, 1.807) is 11.2 Å². The van der Waals surface area contributed by atoms with Gasteiger partial charge in [0.15, 0.2) is 5.11 Å². The standard InChI is InChI=1S/C33H39N5O4S/c39-30(24-37-23-29(35-32(37)43)25-8-3-1-4-9-25)38(22-28-10-7-19-42-28)33(15-5-2-6-16-33)31(40)34-26-11-13-27(14-12-26)36-17-20-41-21-18-36/h1,3-4,7-14,19,29H,2,5-6,15-18,20-24H2,(H,34,40)(H,35,43). The maximum absolute atomic E-state index is 14.3. The molecule has 1 unspecified atom stereocenters. The van der Waals surface area contributed by atoms with E-state index in [2.05, 4.69) is 27.7 Å². The first-order valence-electron chi connectivity index (χ1n) is 15.2. The number of carbonyl (C=O) groups excluding carboxylic acids is 2. The molecule has 3 fully saturated rings. The monoisotopic (exact) mass is 601 g/mol. The molecular weight excluding hydrogens is 562 g/mol. The molecule has 3 aromatic rings. The van der Waals surface area contributed by atoms with Gasteiger partial charge in [0.05, 0.1) is 38.6 Å². The highest BCUT2D eigenvalue weighted by atomic mass is 32.1. The van der Waals surface area contributed by atoms with E-state index in [-0.39, 0.29) is 30.9 Å². The minimum Gasteiger partial charge on any atom is -0.467 e. The number of nitrogens with zero attached hydrogens (tertiary/aromatic N) is 3. The van der Waals surface area contributed by atoms with Crippen LogP contribution in [0.25, 0.3) is 0 Å². The van der Waals surface area contributed by atoms with Gasteiger partial charge in [0.25, 0.3) is 0 Å². The molecule has 2 saturated heterocycles. The molecule has 0 bridgehead atoms. The van der Waals surface area contributed by atoms with Crippen LogP contribution in [0.1, 0.15) is 49.5 Å². The Morgan fingerprint density at radius 2 is 1.72 bits per heavy atom. The molecule has 1 aromatic heterocycles. The van der Waals surface area contributed by atoms with Crippen LogP contribution in [0.2, 0.25) is 0 Å². The molecule has 2 aromatic carbocycles. The van der Waals surface area contributed by atoms with Crippen molar-refractivity contribution in [3.63, 3.8) is 0 Å². The zero-order chi connectivity index (χ0) is 29.6. The van der Waals surface area contributed by atoms with Gasteiger partial charge in [0.2, 0.25) is 11.8 Å². The highest BCUT2D eigenvalue weighted by Crippen LogP contribution is 2.37. The number of furan rings is 1. The first kappa shape index (κ1) is 29.2. The lowest BCUT2D eigenvalue weighted by Gasteiger charge is -2.45. The smallest absolute Gasteiger partial charge is 0.250 e. The molecule has 0 spiro atoms. The molecule has 1 saturated carbocycles. The Morgan fingerprint density at radius 3 is 2.42 bits per heavy atom. The molecule has 43 heavy (non-hydrogen) atoms. The van der Waals surface area contributed by atoms with Gasteiger partial charge in [0, 0.05) is 31.0 Å². The Kier molecular flexibility index (Phi) is 8.95. The average Bonchev–Trinajstić information content (AvgIpc) is 3.71. The number of carbonyl (C=O) groups is 2. The van der Waals surface area contributed by atoms with Crippen LogP contribution in [0.4, 0.5) is 11.4 Å². The number of morpholine rings is 1. The average molecular weight is 602 g/mol. The second-order valence-corrected chi connectivity index (χ2v) is 11.9. The van der Waals surface area contributed by atoms with Crippen LogP contribution in [0.15, 0.2) is 77.4 Å². The summed E-state index contributed by atoms with van der Waals surface area (Å²) in [4.78, 5) is 34.5. The van der Waals surface area contributed by atoms with E-state index >= 15 is 0 Å². The highest BCUT2D eigenvalue weighted by Gasteiger charge is 2.48. The van der Waals surface area contributed by atoms with Gasteiger partial charge >= 0.3 is 0 Å². The first-order chi connectivity index (χ1) is 21.0. The van der Waals surface area contributed by atoms with Gasteiger partial charge in [-0.25, -0.2) is 0 Å². The minimum atomic E-state index is -1.00. The van der Waals surface area contributed by atoms with E-state index in [1.165, 1.54) is 0 Å². The summed E-state index contributed by atoms with van der Waals surface area (Å²) in [6, 6.07) is 21.7. The predicted octanol–water partition coefficient (Wildman–Crippen LogP) is 4.72. The summed E-state index contributed by atoms with van der Waals surface area (Å²) < 4.78 is 11.2. The number of amides is 2. The number of ether oxygens (including phenoxy) is 1. The molecule has 2 amide bonds. The number of benzene rings is 2. The highest BCUT2D eigenvalue weighted by molar-refractivity contribution is 7.80.